The number of benzene rings is 1. The van der Waals surface area contributed by atoms with Gasteiger partial charge in [0.05, 0.1) is 6.61 Å². The van der Waals surface area contributed by atoms with Crippen molar-refractivity contribution in [3.63, 3.8) is 0 Å². The van der Waals surface area contributed by atoms with Crippen molar-refractivity contribution >= 4 is 10.0 Å². The van der Waals surface area contributed by atoms with E-state index in [0.29, 0.717) is 18.7 Å². The predicted molar refractivity (Wildman–Crippen MR) is 127 cm³/mol. The molecule has 184 valence electrons. The molecule has 1 aromatic carbocycles. The second-order valence-corrected chi connectivity index (χ2v) is 10.6. The number of hydrogen-bond acceptors (Lipinski definition) is 8. The maximum absolute atomic E-state index is 13.5. The number of nitrogens with zero attached hydrogens (tertiary/aromatic N) is 4. The zero-order valence-electron chi connectivity index (χ0n) is 19.9. The lowest BCUT2D eigenvalue weighted by molar-refractivity contribution is 0.0733. The lowest BCUT2D eigenvalue weighted by atomic mass is 10.0. The molecule has 0 saturated carbocycles. The predicted octanol–water partition coefficient (Wildman–Crippen LogP) is 1.11. The average molecular weight is 489 g/mol. The molecule has 34 heavy (non-hydrogen) atoms. The minimum atomic E-state index is -3.91. The van der Waals surface area contributed by atoms with Crippen LogP contribution in [0, 0.1) is 17.8 Å². The van der Waals surface area contributed by atoms with Gasteiger partial charge in [-0.2, -0.15) is 4.31 Å². The van der Waals surface area contributed by atoms with Crippen LogP contribution in [0.25, 0.3) is 0 Å². The number of aliphatic hydroxyl groups excluding tert-OH is 2. The molecule has 0 unspecified atom stereocenters. The summed E-state index contributed by atoms with van der Waals surface area (Å²) in [5.41, 5.74) is 1.50. The molecule has 0 spiro atoms. The van der Waals surface area contributed by atoms with Gasteiger partial charge < -0.3 is 14.9 Å². The fraction of sp³-hybridized carbons (Fsp3) is 0.500. The summed E-state index contributed by atoms with van der Waals surface area (Å²) in [6.07, 6.45) is 3.85. The zero-order chi connectivity index (χ0) is 24.9. The van der Waals surface area contributed by atoms with Crippen molar-refractivity contribution in [2.75, 3.05) is 26.7 Å². The van der Waals surface area contributed by atoms with Gasteiger partial charge in [-0.1, -0.05) is 18.8 Å². The van der Waals surface area contributed by atoms with Crippen molar-refractivity contribution in [3.8, 4) is 17.6 Å². The Balaban J connectivity index is 1.99. The summed E-state index contributed by atoms with van der Waals surface area (Å²) >= 11 is 0. The molecule has 3 rings (SSSR count). The number of aliphatic hydroxyl groups is 2. The minimum absolute atomic E-state index is 0.0337. The zero-order valence-corrected chi connectivity index (χ0v) is 20.7. The van der Waals surface area contributed by atoms with E-state index >= 15 is 0 Å². The van der Waals surface area contributed by atoms with Gasteiger partial charge in [-0.25, -0.2) is 18.4 Å². The summed E-state index contributed by atoms with van der Waals surface area (Å²) in [5.74, 6) is 5.56. The van der Waals surface area contributed by atoms with Gasteiger partial charge >= 0.3 is 0 Å². The van der Waals surface area contributed by atoms with E-state index < -0.39 is 22.2 Å². The van der Waals surface area contributed by atoms with Crippen LogP contribution in [0.3, 0.4) is 0 Å². The Labute approximate surface area is 201 Å². The van der Waals surface area contributed by atoms with Gasteiger partial charge in [-0.15, -0.1) is 0 Å². The molecule has 2 N–H and O–H groups in total. The van der Waals surface area contributed by atoms with Crippen LogP contribution in [-0.4, -0.2) is 82.8 Å². The molecule has 0 radical (unpaired) electrons. The molecule has 0 amide bonds. The number of hydrogen-bond donors (Lipinski definition) is 2. The van der Waals surface area contributed by atoms with Crippen LogP contribution in [0.2, 0.25) is 0 Å². The highest BCUT2D eigenvalue weighted by atomic mass is 32.2. The summed E-state index contributed by atoms with van der Waals surface area (Å²) < 4.78 is 34.7. The second kappa shape index (κ2) is 11.3. The van der Waals surface area contributed by atoms with Crippen molar-refractivity contribution in [2.45, 2.75) is 50.5 Å². The highest BCUT2D eigenvalue weighted by Crippen LogP contribution is 2.34. The summed E-state index contributed by atoms with van der Waals surface area (Å²) in [6, 6.07) is 4.08. The highest BCUT2D eigenvalue weighted by Gasteiger charge is 2.38. The van der Waals surface area contributed by atoms with Gasteiger partial charge in [0.15, 0.2) is 0 Å². The SMILES string of the molecule is C[C@@H]1CN([C@@H](C)CO)S(=O)(=O)c2ccc(C#C[C@@H](C)O)cc2O[C@@H]1CN(C)Cc1cncnc1. The molecule has 1 aromatic heterocycles. The lowest BCUT2D eigenvalue weighted by Gasteiger charge is -2.37. The maximum Gasteiger partial charge on any atom is 0.247 e. The molecule has 0 bridgehead atoms. The molecule has 2 aromatic rings. The number of likely N-dealkylation sites (N-methyl/N-ethyl adjacent to an activating group) is 1. The van der Waals surface area contributed by atoms with Gasteiger partial charge in [-0.3, -0.25) is 4.90 Å². The second-order valence-electron chi connectivity index (χ2n) is 8.79. The van der Waals surface area contributed by atoms with Crippen LogP contribution < -0.4 is 4.74 Å². The number of sulfonamides is 1. The van der Waals surface area contributed by atoms with Crippen LogP contribution in [0.1, 0.15) is 31.9 Å². The third-order valence-electron chi connectivity index (χ3n) is 5.65. The first-order chi connectivity index (χ1) is 16.1. The molecule has 0 saturated heterocycles. The first-order valence-corrected chi connectivity index (χ1v) is 12.6. The Kier molecular flexibility index (Phi) is 8.62. The fourth-order valence-corrected chi connectivity index (χ4v) is 5.63. The summed E-state index contributed by atoms with van der Waals surface area (Å²) in [5, 5.41) is 19.2. The largest absolute Gasteiger partial charge is 0.487 e. The monoisotopic (exact) mass is 488 g/mol. The molecular weight excluding hydrogens is 456 g/mol. The van der Waals surface area contributed by atoms with Gasteiger partial charge in [0.25, 0.3) is 0 Å². The third kappa shape index (κ3) is 6.31. The van der Waals surface area contributed by atoms with Crippen molar-refractivity contribution in [2.24, 2.45) is 5.92 Å². The molecule has 4 atom stereocenters. The Hall–Kier alpha value is -2.55. The molecule has 1 aliphatic heterocycles. The van der Waals surface area contributed by atoms with E-state index in [1.807, 2.05) is 14.0 Å². The number of rotatable bonds is 6. The fourth-order valence-electron chi connectivity index (χ4n) is 3.80. The van der Waals surface area contributed by atoms with E-state index in [1.54, 1.807) is 38.4 Å². The van der Waals surface area contributed by atoms with Crippen LogP contribution >= 0.6 is 0 Å². The minimum Gasteiger partial charge on any atom is -0.487 e. The average Bonchev–Trinajstić information content (AvgIpc) is 2.80. The Bertz CT molecular complexity index is 1130. The molecule has 9 nitrogen and oxygen atoms in total. The normalized spacial score (nSPS) is 21.9. The molecule has 10 heteroatoms. The summed E-state index contributed by atoms with van der Waals surface area (Å²) in [7, 11) is -1.96. The summed E-state index contributed by atoms with van der Waals surface area (Å²) in [4.78, 5) is 10.2. The van der Waals surface area contributed by atoms with Crippen LogP contribution in [0.5, 0.6) is 5.75 Å². The number of aromatic nitrogens is 2. The quantitative estimate of drug-likeness (QED) is 0.581. The van der Waals surface area contributed by atoms with E-state index in [-0.39, 0.29) is 35.8 Å². The highest BCUT2D eigenvalue weighted by molar-refractivity contribution is 7.89. The van der Waals surface area contributed by atoms with Crippen LogP contribution in [-0.2, 0) is 16.6 Å². The van der Waals surface area contributed by atoms with Gasteiger partial charge in [0, 0.05) is 55.1 Å². The van der Waals surface area contributed by atoms with Crippen molar-refractivity contribution < 1.29 is 23.4 Å². The van der Waals surface area contributed by atoms with E-state index in [9.17, 15) is 18.6 Å². The van der Waals surface area contributed by atoms with Gasteiger partial charge in [-0.05, 0) is 39.1 Å². The van der Waals surface area contributed by atoms with Crippen LogP contribution in [0.4, 0.5) is 0 Å². The first kappa shape index (κ1) is 26.1. The smallest absolute Gasteiger partial charge is 0.247 e. The number of fused-ring (bicyclic) bond motifs is 1. The molecule has 1 aliphatic rings. The Morgan fingerprint density at radius 2 is 2.00 bits per heavy atom. The van der Waals surface area contributed by atoms with Crippen molar-refractivity contribution in [1.82, 2.24) is 19.2 Å². The van der Waals surface area contributed by atoms with Gasteiger partial charge in [0.2, 0.25) is 10.0 Å². The van der Waals surface area contributed by atoms with Crippen LogP contribution in [0.15, 0.2) is 41.8 Å². The Morgan fingerprint density at radius 3 is 2.65 bits per heavy atom. The summed E-state index contributed by atoms with van der Waals surface area (Å²) in [6.45, 7) is 6.24. The van der Waals surface area contributed by atoms with Crippen molar-refractivity contribution in [3.05, 3.63) is 48.0 Å². The third-order valence-corrected chi connectivity index (χ3v) is 7.67. The van der Waals surface area contributed by atoms with E-state index in [4.69, 9.17) is 4.74 Å². The first-order valence-electron chi connectivity index (χ1n) is 11.2. The molecule has 0 aliphatic carbocycles. The lowest BCUT2D eigenvalue weighted by Crippen LogP contribution is -2.49. The van der Waals surface area contributed by atoms with E-state index in [0.717, 1.165) is 5.56 Å². The number of ether oxygens (including phenoxy) is 1. The topological polar surface area (TPSA) is 116 Å². The van der Waals surface area contributed by atoms with Crippen molar-refractivity contribution in [1.29, 1.82) is 0 Å². The molecule has 0 fully saturated rings. The van der Waals surface area contributed by atoms with E-state index in [1.165, 1.54) is 16.7 Å². The molecular formula is C24H32N4O5S. The van der Waals surface area contributed by atoms with Gasteiger partial charge in [0.1, 0.15) is 29.2 Å². The van der Waals surface area contributed by atoms with E-state index in [2.05, 4.69) is 26.7 Å². The molecule has 2 heterocycles. The maximum atomic E-state index is 13.5. The Morgan fingerprint density at radius 1 is 1.29 bits per heavy atom. The standard InChI is InChI=1S/C24H32N4O5S/c1-17-12-28(18(2)15-29)34(31,32)24-8-7-20(6-5-19(3)30)9-22(24)33-23(17)14-27(4)13-21-10-25-16-26-11-21/h7-11,16-19,23,29-30H,12-15H2,1-4H3/t17-,18+,19-,23-/m1/s1.